The highest BCUT2D eigenvalue weighted by molar-refractivity contribution is 9.10. The normalized spacial score (nSPS) is 11.0. The van der Waals surface area contributed by atoms with Gasteiger partial charge in [-0.25, -0.2) is 0 Å². The molecular formula is C14H13BrF2N2O2. The molecule has 0 radical (unpaired) electrons. The Labute approximate surface area is 128 Å². The molecule has 7 heteroatoms. The second-order valence-electron chi connectivity index (χ2n) is 4.47. The first-order valence-corrected chi connectivity index (χ1v) is 6.94. The van der Waals surface area contributed by atoms with Gasteiger partial charge in [-0.05, 0) is 47.1 Å². The SMILES string of the molecule is Cc1nn(C)c(CC(=O)c2ccc(OC(F)F)cc2)c1Br. The lowest BCUT2D eigenvalue weighted by atomic mass is 10.1. The molecule has 0 spiro atoms. The topological polar surface area (TPSA) is 44.1 Å². The summed E-state index contributed by atoms with van der Waals surface area (Å²) in [7, 11) is 1.76. The highest BCUT2D eigenvalue weighted by Gasteiger charge is 2.16. The van der Waals surface area contributed by atoms with Crippen molar-refractivity contribution in [3.63, 3.8) is 0 Å². The van der Waals surface area contributed by atoms with Gasteiger partial charge in [0, 0.05) is 12.6 Å². The minimum atomic E-state index is -2.88. The van der Waals surface area contributed by atoms with Crippen LogP contribution < -0.4 is 4.74 Å². The van der Waals surface area contributed by atoms with Gasteiger partial charge in [0.05, 0.1) is 22.3 Å². The lowest BCUT2D eigenvalue weighted by Crippen LogP contribution is -2.08. The van der Waals surface area contributed by atoms with E-state index in [1.807, 2.05) is 6.92 Å². The van der Waals surface area contributed by atoms with Crippen molar-refractivity contribution >= 4 is 21.7 Å². The van der Waals surface area contributed by atoms with Crippen LogP contribution >= 0.6 is 15.9 Å². The molecule has 0 atom stereocenters. The summed E-state index contributed by atoms with van der Waals surface area (Å²) >= 11 is 3.40. The van der Waals surface area contributed by atoms with Gasteiger partial charge in [-0.3, -0.25) is 9.48 Å². The number of ketones is 1. The molecule has 0 bridgehead atoms. The summed E-state index contributed by atoms with van der Waals surface area (Å²) < 4.78 is 30.8. The maximum absolute atomic E-state index is 12.2. The van der Waals surface area contributed by atoms with Crippen molar-refractivity contribution in [2.75, 3.05) is 0 Å². The van der Waals surface area contributed by atoms with Gasteiger partial charge in [-0.15, -0.1) is 0 Å². The van der Waals surface area contributed by atoms with Crippen LogP contribution in [0.15, 0.2) is 28.7 Å². The van der Waals surface area contributed by atoms with E-state index in [9.17, 15) is 13.6 Å². The Hall–Kier alpha value is -1.76. The molecule has 0 saturated heterocycles. The third-order valence-corrected chi connectivity index (χ3v) is 4.02. The van der Waals surface area contributed by atoms with E-state index in [-0.39, 0.29) is 18.0 Å². The second-order valence-corrected chi connectivity index (χ2v) is 5.27. The van der Waals surface area contributed by atoms with Crippen LogP contribution in [0.25, 0.3) is 0 Å². The lowest BCUT2D eigenvalue weighted by molar-refractivity contribution is -0.0498. The Morgan fingerprint density at radius 2 is 2.00 bits per heavy atom. The number of nitrogens with zero attached hydrogens (tertiary/aromatic N) is 2. The molecule has 0 aliphatic rings. The number of benzene rings is 1. The Kier molecular flexibility index (Phi) is 4.72. The molecule has 0 aliphatic heterocycles. The summed E-state index contributed by atoms with van der Waals surface area (Å²) in [5.41, 5.74) is 2.01. The number of halogens is 3. The van der Waals surface area contributed by atoms with Crippen LogP contribution in [0.3, 0.4) is 0 Å². The third kappa shape index (κ3) is 3.66. The van der Waals surface area contributed by atoms with Gasteiger partial charge < -0.3 is 4.74 Å². The number of hydrogen-bond acceptors (Lipinski definition) is 3. The molecule has 1 heterocycles. The summed E-state index contributed by atoms with van der Waals surface area (Å²) in [5.74, 6) is -0.0959. The van der Waals surface area contributed by atoms with Gasteiger partial charge in [-0.1, -0.05) is 0 Å². The van der Waals surface area contributed by atoms with Crippen molar-refractivity contribution in [3.05, 3.63) is 45.7 Å². The zero-order valence-corrected chi connectivity index (χ0v) is 13.0. The average molecular weight is 359 g/mol. The molecule has 0 amide bonds. The molecule has 0 N–H and O–H groups in total. The molecule has 0 saturated carbocycles. The molecule has 4 nitrogen and oxygen atoms in total. The molecule has 0 unspecified atom stereocenters. The van der Waals surface area contributed by atoms with E-state index in [1.54, 1.807) is 11.7 Å². The second kappa shape index (κ2) is 6.34. The highest BCUT2D eigenvalue weighted by atomic mass is 79.9. The average Bonchev–Trinajstić information content (AvgIpc) is 2.65. The predicted molar refractivity (Wildman–Crippen MR) is 76.8 cm³/mol. The molecule has 1 aromatic carbocycles. The molecule has 112 valence electrons. The van der Waals surface area contributed by atoms with Gasteiger partial charge in [0.15, 0.2) is 5.78 Å². The summed E-state index contributed by atoms with van der Waals surface area (Å²) in [6.07, 6.45) is 0.174. The van der Waals surface area contributed by atoms with Gasteiger partial charge in [0.2, 0.25) is 0 Å². The van der Waals surface area contributed by atoms with E-state index in [0.717, 1.165) is 15.9 Å². The molecule has 21 heavy (non-hydrogen) atoms. The maximum atomic E-state index is 12.2. The Morgan fingerprint density at radius 3 is 2.48 bits per heavy atom. The first-order valence-electron chi connectivity index (χ1n) is 6.14. The number of hydrogen-bond donors (Lipinski definition) is 0. The monoisotopic (exact) mass is 358 g/mol. The zero-order chi connectivity index (χ0) is 15.6. The number of rotatable bonds is 5. The number of carbonyl (C=O) groups is 1. The number of aromatic nitrogens is 2. The summed E-state index contributed by atoms with van der Waals surface area (Å²) in [4.78, 5) is 12.2. The highest BCUT2D eigenvalue weighted by Crippen LogP contribution is 2.22. The van der Waals surface area contributed by atoms with Crippen LogP contribution in [-0.4, -0.2) is 22.2 Å². The van der Waals surface area contributed by atoms with E-state index in [0.29, 0.717) is 5.56 Å². The van der Waals surface area contributed by atoms with Gasteiger partial charge in [-0.2, -0.15) is 13.9 Å². The molecule has 1 aromatic heterocycles. The molecular weight excluding hydrogens is 346 g/mol. The molecule has 2 aromatic rings. The number of alkyl halides is 2. The van der Waals surface area contributed by atoms with Crippen molar-refractivity contribution in [3.8, 4) is 5.75 Å². The maximum Gasteiger partial charge on any atom is 0.387 e. The minimum Gasteiger partial charge on any atom is -0.435 e. The number of carbonyl (C=O) groups excluding carboxylic acids is 1. The fourth-order valence-electron chi connectivity index (χ4n) is 1.95. The van der Waals surface area contributed by atoms with Crippen molar-refractivity contribution < 1.29 is 18.3 Å². The minimum absolute atomic E-state index is 0.0270. The van der Waals surface area contributed by atoms with Crippen LogP contribution in [0, 0.1) is 6.92 Å². The van der Waals surface area contributed by atoms with Gasteiger partial charge >= 0.3 is 6.61 Å². The van der Waals surface area contributed by atoms with E-state index < -0.39 is 6.61 Å². The number of aryl methyl sites for hydroxylation is 2. The van der Waals surface area contributed by atoms with Crippen LogP contribution in [0.2, 0.25) is 0 Å². The predicted octanol–water partition coefficient (Wildman–Crippen LogP) is 3.52. The van der Waals surface area contributed by atoms with Crippen LogP contribution in [0.5, 0.6) is 5.75 Å². The Morgan fingerprint density at radius 1 is 1.38 bits per heavy atom. The first-order chi connectivity index (χ1) is 9.88. The molecule has 2 rings (SSSR count). The standard InChI is InChI=1S/C14H13BrF2N2O2/c1-8-13(15)11(19(2)18-8)7-12(20)9-3-5-10(6-4-9)21-14(16)17/h3-6,14H,7H2,1-2H3. The number of ether oxygens (including phenoxy) is 1. The zero-order valence-electron chi connectivity index (χ0n) is 11.4. The van der Waals surface area contributed by atoms with Gasteiger partial charge in [0.1, 0.15) is 5.75 Å². The van der Waals surface area contributed by atoms with Crippen molar-refractivity contribution in [1.82, 2.24) is 9.78 Å². The first kappa shape index (κ1) is 15.6. The fourth-order valence-corrected chi connectivity index (χ4v) is 2.42. The Balaban J connectivity index is 2.13. The van der Waals surface area contributed by atoms with E-state index in [2.05, 4.69) is 25.8 Å². The third-order valence-electron chi connectivity index (χ3n) is 2.99. The van der Waals surface area contributed by atoms with Crippen LogP contribution in [0.1, 0.15) is 21.7 Å². The summed E-state index contributed by atoms with van der Waals surface area (Å²) in [6.45, 7) is -1.03. The fraction of sp³-hybridized carbons (Fsp3) is 0.286. The molecule has 0 aliphatic carbocycles. The van der Waals surface area contributed by atoms with E-state index in [4.69, 9.17) is 0 Å². The van der Waals surface area contributed by atoms with Crippen molar-refractivity contribution in [2.45, 2.75) is 20.0 Å². The quantitative estimate of drug-likeness (QED) is 0.768. The van der Waals surface area contributed by atoms with Crippen molar-refractivity contribution in [1.29, 1.82) is 0 Å². The summed E-state index contributed by atoms with van der Waals surface area (Å²) in [5, 5.41) is 4.22. The van der Waals surface area contributed by atoms with E-state index in [1.165, 1.54) is 24.3 Å². The Bertz CT molecular complexity index is 654. The smallest absolute Gasteiger partial charge is 0.387 e. The van der Waals surface area contributed by atoms with Crippen LogP contribution in [-0.2, 0) is 13.5 Å². The molecule has 0 fully saturated rings. The number of Topliss-reactive ketones (excluding diaryl/α,β-unsaturated/α-hetero) is 1. The summed E-state index contributed by atoms with van der Waals surface area (Å²) in [6, 6.07) is 5.64. The van der Waals surface area contributed by atoms with E-state index >= 15 is 0 Å². The lowest BCUT2D eigenvalue weighted by Gasteiger charge is -2.06. The largest absolute Gasteiger partial charge is 0.435 e. The van der Waals surface area contributed by atoms with Crippen LogP contribution in [0.4, 0.5) is 8.78 Å². The van der Waals surface area contributed by atoms with Gasteiger partial charge in [0.25, 0.3) is 0 Å². The van der Waals surface area contributed by atoms with Crippen molar-refractivity contribution in [2.24, 2.45) is 7.05 Å².